The van der Waals surface area contributed by atoms with Crippen LogP contribution < -0.4 is 22.1 Å². The zero-order valence-electron chi connectivity index (χ0n) is 19.9. The molecule has 33 heavy (non-hydrogen) atoms. The van der Waals surface area contributed by atoms with Crippen molar-refractivity contribution < 1.29 is 19.2 Å². The number of fused-ring (bicyclic) bond motifs is 1. The lowest BCUT2D eigenvalue weighted by Crippen LogP contribution is -2.58. The molecule has 0 aromatic rings. The summed E-state index contributed by atoms with van der Waals surface area (Å²) in [6.45, 7) is 11.0. The first-order valence-electron chi connectivity index (χ1n) is 11.2. The van der Waals surface area contributed by atoms with Gasteiger partial charge in [-0.25, -0.2) is 9.59 Å². The summed E-state index contributed by atoms with van der Waals surface area (Å²) >= 11 is 0. The number of hydrogen-bond acceptors (Lipinski definition) is 7. The number of nitrogens with two attached hydrogens (primary N) is 2. The third-order valence-electron chi connectivity index (χ3n) is 7.62. The Kier molecular flexibility index (Phi) is 7.76. The fraction of sp³-hybridized carbons (Fsp3) is 0.739. The number of carbonyl (C=O) groups is 2. The van der Waals surface area contributed by atoms with E-state index >= 15 is 0 Å². The molecule has 0 spiro atoms. The summed E-state index contributed by atoms with van der Waals surface area (Å²) in [7, 11) is 0. The Morgan fingerprint density at radius 2 is 1.94 bits per heavy atom. The Hall–Kier alpha value is -2.31. The Balaban J connectivity index is 0.00000385. The Morgan fingerprint density at radius 1 is 1.30 bits per heavy atom. The third kappa shape index (κ3) is 4.97. The van der Waals surface area contributed by atoms with E-state index in [0.29, 0.717) is 25.2 Å². The van der Waals surface area contributed by atoms with Gasteiger partial charge in [0.05, 0.1) is 17.8 Å². The lowest BCUT2D eigenvalue weighted by Gasteiger charge is -2.36. The number of nitrogens with one attached hydrogen (secondary N) is 2. The molecule has 10 heteroatoms. The molecule has 2 saturated heterocycles. The highest BCUT2D eigenvalue weighted by Gasteiger charge is 2.69. The van der Waals surface area contributed by atoms with E-state index in [1.54, 1.807) is 10.8 Å². The van der Waals surface area contributed by atoms with Gasteiger partial charge in [0.25, 0.3) is 0 Å². The van der Waals surface area contributed by atoms with E-state index in [1.165, 1.54) is 0 Å². The third-order valence-corrected chi connectivity index (χ3v) is 7.62. The predicted molar refractivity (Wildman–Crippen MR) is 126 cm³/mol. The van der Waals surface area contributed by atoms with Crippen LogP contribution in [0.2, 0.25) is 0 Å². The maximum atomic E-state index is 13.5. The Bertz CT molecular complexity index is 901. The van der Waals surface area contributed by atoms with Gasteiger partial charge in [-0.2, -0.15) is 0 Å². The first-order valence-corrected chi connectivity index (χ1v) is 11.2. The van der Waals surface area contributed by atoms with Crippen molar-refractivity contribution in [3.63, 3.8) is 0 Å². The second-order valence-corrected chi connectivity index (χ2v) is 11.0. The number of hydrogen-bond donors (Lipinski definition) is 4. The maximum absolute atomic E-state index is 13.5. The smallest absolute Gasteiger partial charge is 0.243 e. The van der Waals surface area contributed by atoms with Crippen LogP contribution in [0.3, 0.4) is 0 Å². The number of halogens is 1. The summed E-state index contributed by atoms with van der Waals surface area (Å²) in [5.41, 5.74) is 11.9. The highest BCUT2D eigenvalue weighted by atomic mass is 35.5. The van der Waals surface area contributed by atoms with Crippen molar-refractivity contribution in [2.45, 2.75) is 65.6 Å². The summed E-state index contributed by atoms with van der Waals surface area (Å²) in [4.78, 5) is 50.7. The molecule has 0 unspecified atom stereocenters. The van der Waals surface area contributed by atoms with Gasteiger partial charge < -0.3 is 27.0 Å². The topological polar surface area (TPSA) is 148 Å². The van der Waals surface area contributed by atoms with Crippen molar-refractivity contribution in [1.82, 2.24) is 15.5 Å². The molecule has 0 aromatic heterocycles. The zero-order valence-corrected chi connectivity index (χ0v) is 20.8. The number of amides is 2. The lowest BCUT2D eigenvalue weighted by molar-refractivity contribution is -0.143. The summed E-state index contributed by atoms with van der Waals surface area (Å²) in [5.74, 6) is 3.00. The molecule has 0 radical (unpaired) electrons. The molecule has 2 aliphatic heterocycles. The second kappa shape index (κ2) is 9.51. The van der Waals surface area contributed by atoms with Crippen molar-refractivity contribution in [3.8, 4) is 0 Å². The van der Waals surface area contributed by atoms with E-state index in [-0.39, 0.29) is 59.5 Å². The molecule has 6 N–H and O–H groups in total. The van der Waals surface area contributed by atoms with Gasteiger partial charge in [0.2, 0.25) is 11.8 Å². The number of carbonyl (C=O) groups excluding carboxylic acids is 4. The number of likely N-dealkylation sites (tertiary alicyclic amines) is 1. The standard InChI is InChI=1S/C23H35N5O4.ClH/c1-22(2,3)19(25)21(32)28-9-13-17(23(13,4)5)18(28)20(31)27-15(14(24)10-29)8-12-6-7-26-16(12)11-30;/h12-13,15,17-19,26H,6-9,24-25H2,1-5H3,(H,27,31);1H/t12-,13-,15-,17-,18-,19+;/m0./s1. The van der Waals surface area contributed by atoms with E-state index in [2.05, 4.69) is 24.5 Å². The number of nitrogens with zero attached hydrogens (tertiary/aromatic N) is 1. The minimum absolute atomic E-state index is 0. The van der Waals surface area contributed by atoms with Gasteiger partial charge in [0.1, 0.15) is 23.6 Å². The van der Waals surface area contributed by atoms with Crippen molar-refractivity contribution in [1.29, 1.82) is 0 Å². The minimum Gasteiger partial charge on any atom is -0.391 e. The van der Waals surface area contributed by atoms with Crippen LogP contribution in [0.25, 0.3) is 0 Å². The SMILES string of the molecule is CC(C)(C)[C@H](N)C(=O)N1C[C@H]2[C@@H]([C@H]1C(=O)N[C@@H](C[C@@H]1CCNC1=C=O)C(N)=C=O)C2(C)C.Cl. The Morgan fingerprint density at radius 3 is 2.48 bits per heavy atom. The highest BCUT2D eigenvalue weighted by Crippen LogP contribution is 2.65. The molecular weight excluding hydrogens is 446 g/mol. The average molecular weight is 482 g/mol. The highest BCUT2D eigenvalue weighted by molar-refractivity contribution is 5.92. The lowest BCUT2D eigenvalue weighted by atomic mass is 9.86. The maximum Gasteiger partial charge on any atom is 0.243 e. The summed E-state index contributed by atoms with van der Waals surface area (Å²) in [6.07, 6.45) is 0.958. The fourth-order valence-electron chi connectivity index (χ4n) is 5.26. The van der Waals surface area contributed by atoms with Crippen LogP contribution >= 0.6 is 12.4 Å². The molecule has 184 valence electrons. The molecule has 2 amide bonds. The molecule has 3 aliphatic rings. The Labute approximate surface area is 201 Å². The predicted octanol–water partition coefficient (Wildman–Crippen LogP) is 0.139. The summed E-state index contributed by atoms with van der Waals surface area (Å²) < 4.78 is 0. The van der Waals surface area contributed by atoms with Gasteiger partial charge in [-0.1, -0.05) is 34.6 Å². The van der Waals surface area contributed by atoms with Gasteiger partial charge in [0, 0.05) is 19.0 Å². The van der Waals surface area contributed by atoms with E-state index in [4.69, 9.17) is 11.5 Å². The molecule has 1 saturated carbocycles. The van der Waals surface area contributed by atoms with E-state index in [1.807, 2.05) is 26.7 Å². The fourth-order valence-corrected chi connectivity index (χ4v) is 5.26. The van der Waals surface area contributed by atoms with Crippen molar-refractivity contribution in [2.75, 3.05) is 13.1 Å². The molecule has 1 aliphatic carbocycles. The van der Waals surface area contributed by atoms with Crippen LogP contribution in [0.1, 0.15) is 47.5 Å². The van der Waals surface area contributed by atoms with Gasteiger partial charge in [-0.15, -0.1) is 12.4 Å². The van der Waals surface area contributed by atoms with Gasteiger partial charge in [-0.3, -0.25) is 9.59 Å². The molecule has 2 heterocycles. The normalized spacial score (nSPS) is 28.9. The van der Waals surface area contributed by atoms with E-state index in [0.717, 1.165) is 0 Å². The molecule has 3 fully saturated rings. The van der Waals surface area contributed by atoms with Crippen molar-refractivity contribution in [3.05, 3.63) is 11.4 Å². The molecular formula is C23H36ClN5O4. The largest absolute Gasteiger partial charge is 0.391 e. The number of piperidine rings is 1. The van der Waals surface area contributed by atoms with Crippen molar-refractivity contribution in [2.24, 2.45) is 40.1 Å². The van der Waals surface area contributed by atoms with E-state index in [9.17, 15) is 19.2 Å². The van der Waals surface area contributed by atoms with Crippen LogP contribution in [0, 0.1) is 28.6 Å². The second-order valence-electron chi connectivity index (χ2n) is 11.0. The van der Waals surface area contributed by atoms with Crippen LogP contribution in [-0.2, 0) is 19.2 Å². The van der Waals surface area contributed by atoms with Crippen molar-refractivity contribution >= 4 is 36.1 Å². The average Bonchev–Trinajstić information content (AvgIpc) is 3.13. The van der Waals surface area contributed by atoms with Gasteiger partial charge in [-0.05, 0) is 35.5 Å². The monoisotopic (exact) mass is 481 g/mol. The van der Waals surface area contributed by atoms with Crippen LogP contribution in [0.4, 0.5) is 0 Å². The zero-order chi connectivity index (χ0) is 24.0. The number of rotatable bonds is 6. The molecule has 3 rings (SSSR count). The minimum atomic E-state index is -0.789. The van der Waals surface area contributed by atoms with Crippen LogP contribution in [0.5, 0.6) is 0 Å². The first-order chi connectivity index (χ1) is 14.8. The summed E-state index contributed by atoms with van der Waals surface area (Å²) in [5, 5.41) is 5.83. The van der Waals surface area contributed by atoms with Gasteiger partial charge in [0.15, 0.2) is 0 Å². The molecule has 9 nitrogen and oxygen atoms in total. The first kappa shape index (κ1) is 26.9. The number of allylic oxidation sites excluding steroid dienone is 1. The summed E-state index contributed by atoms with van der Waals surface area (Å²) in [6, 6.07) is -2.21. The van der Waals surface area contributed by atoms with E-state index < -0.39 is 23.5 Å². The molecule has 0 aromatic carbocycles. The van der Waals surface area contributed by atoms with Crippen LogP contribution in [-0.4, -0.2) is 59.8 Å². The van der Waals surface area contributed by atoms with Gasteiger partial charge >= 0.3 is 0 Å². The molecule has 6 atom stereocenters. The molecule has 0 bridgehead atoms. The van der Waals surface area contributed by atoms with Crippen LogP contribution in [0.15, 0.2) is 11.4 Å². The quantitative estimate of drug-likeness (QED) is 0.394.